The lowest BCUT2D eigenvalue weighted by Gasteiger charge is -2.36. The van der Waals surface area contributed by atoms with E-state index in [4.69, 9.17) is 20.6 Å². The Kier molecular flexibility index (Phi) is 5.15. The first kappa shape index (κ1) is 18.6. The second-order valence-electron chi connectivity index (χ2n) is 6.80. The van der Waals surface area contributed by atoms with Gasteiger partial charge in [-0.3, -0.25) is 9.69 Å². The number of halogens is 1. The Morgan fingerprint density at radius 3 is 2.46 bits per heavy atom. The molecule has 1 aliphatic rings. The van der Waals surface area contributed by atoms with Crippen LogP contribution in [0.1, 0.15) is 35.1 Å². The van der Waals surface area contributed by atoms with Gasteiger partial charge in [0, 0.05) is 42.8 Å². The Labute approximate surface area is 167 Å². The van der Waals surface area contributed by atoms with Crippen molar-refractivity contribution >= 4 is 17.5 Å². The van der Waals surface area contributed by atoms with Crippen molar-refractivity contribution in [3.63, 3.8) is 0 Å². The predicted octanol–water partition coefficient (Wildman–Crippen LogP) is 3.21. The lowest BCUT2D eigenvalue weighted by Crippen LogP contribution is -2.49. The molecule has 0 saturated carbocycles. The van der Waals surface area contributed by atoms with Crippen LogP contribution in [0.25, 0.3) is 11.4 Å². The number of amides is 1. The summed E-state index contributed by atoms with van der Waals surface area (Å²) in [5, 5.41) is 8.52. The minimum absolute atomic E-state index is 0.0432. The van der Waals surface area contributed by atoms with E-state index in [9.17, 15) is 4.79 Å². The molecule has 1 atom stereocenters. The van der Waals surface area contributed by atoms with E-state index in [-0.39, 0.29) is 17.7 Å². The summed E-state index contributed by atoms with van der Waals surface area (Å²) < 4.78 is 10.5. The average Bonchev–Trinajstić information content (AvgIpc) is 3.37. The first-order valence-corrected chi connectivity index (χ1v) is 9.45. The Bertz CT molecular complexity index is 960. The third-order valence-corrected chi connectivity index (χ3v) is 5.14. The second-order valence-corrected chi connectivity index (χ2v) is 7.24. The molecular formula is C19H20ClN5O3. The molecule has 28 heavy (non-hydrogen) atoms. The van der Waals surface area contributed by atoms with E-state index in [0.29, 0.717) is 48.6 Å². The van der Waals surface area contributed by atoms with Gasteiger partial charge < -0.3 is 13.9 Å². The highest BCUT2D eigenvalue weighted by Crippen LogP contribution is 2.24. The second kappa shape index (κ2) is 7.73. The first-order chi connectivity index (χ1) is 13.5. The minimum atomic E-state index is -0.129. The molecule has 0 radical (unpaired) electrons. The van der Waals surface area contributed by atoms with E-state index in [2.05, 4.69) is 20.2 Å². The summed E-state index contributed by atoms with van der Waals surface area (Å²) in [6, 6.07) is 8.92. The summed E-state index contributed by atoms with van der Waals surface area (Å²) in [5.41, 5.74) is 1.55. The van der Waals surface area contributed by atoms with Crippen molar-refractivity contribution in [1.82, 2.24) is 25.1 Å². The lowest BCUT2D eigenvalue weighted by molar-refractivity contribution is 0.0516. The molecular weight excluding hydrogens is 382 g/mol. The minimum Gasteiger partial charge on any atom is -0.351 e. The Balaban J connectivity index is 1.38. The fourth-order valence-corrected chi connectivity index (χ4v) is 3.34. The molecule has 0 N–H and O–H groups in total. The molecule has 1 aromatic carbocycles. The van der Waals surface area contributed by atoms with Crippen LogP contribution in [0.4, 0.5) is 0 Å². The van der Waals surface area contributed by atoms with Crippen LogP contribution < -0.4 is 0 Å². The zero-order valence-corrected chi connectivity index (χ0v) is 16.4. The summed E-state index contributed by atoms with van der Waals surface area (Å²) in [6.45, 7) is 6.43. The van der Waals surface area contributed by atoms with Gasteiger partial charge in [0.1, 0.15) is 0 Å². The molecule has 3 heterocycles. The van der Waals surface area contributed by atoms with Gasteiger partial charge in [0.2, 0.25) is 17.5 Å². The number of hydrogen-bond acceptors (Lipinski definition) is 7. The van der Waals surface area contributed by atoms with Crippen LogP contribution in [0.15, 0.2) is 39.4 Å². The van der Waals surface area contributed by atoms with Gasteiger partial charge >= 0.3 is 0 Å². The van der Waals surface area contributed by atoms with E-state index >= 15 is 0 Å². The number of aromatic nitrogens is 3. The van der Waals surface area contributed by atoms with Gasteiger partial charge in [-0.15, -0.1) is 0 Å². The van der Waals surface area contributed by atoms with E-state index in [1.165, 1.54) is 0 Å². The van der Waals surface area contributed by atoms with Gasteiger partial charge in [-0.1, -0.05) is 21.9 Å². The smallest absolute Gasteiger partial charge is 0.292 e. The van der Waals surface area contributed by atoms with E-state index in [1.807, 2.05) is 19.1 Å². The Morgan fingerprint density at radius 1 is 1.11 bits per heavy atom. The van der Waals surface area contributed by atoms with Crippen LogP contribution in [0.5, 0.6) is 0 Å². The van der Waals surface area contributed by atoms with Gasteiger partial charge in [0.15, 0.2) is 0 Å². The number of carbonyl (C=O) groups is 1. The van der Waals surface area contributed by atoms with Crippen LogP contribution in [0.2, 0.25) is 5.02 Å². The van der Waals surface area contributed by atoms with Crippen molar-refractivity contribution in [3.8, 4) is 11.4 Å². The maximum atomic E-state index is 12.5. The molecule has 3 aromatic rings. The fourth-order valence-electron chi connectivity index (χ4n) is 3.21. The highest BCUT2D eigenvalue weighted by atomic mass is 35.5. The molecule has 1 fully saturated rings. The molecule has 2 aromatic heterocycles. The molecule has 1 unspecified atom stereocenters. The normalized spacial score (nSPS) is 16.3. The zero-order valence-electron chi connectivity index (χ0n) is 15.6. The fraction of sp³-hybridized carbons (Fsp3) is 0.368. The van der Waals surface area contributed by atoms with Crippen molar-refractivity contribution in [1.29, 1.82) is 0 Å². The maximum absolute atomic E-state index is 12.5. The van der Waals surface area contributed by atoms with Crippen LogP contribution in [-0.2, 0) is 0 Å². The molecule has 4 rings (SSSR count). The zero-order chi connectivity index (χ0) is 19.7. The molecule has 146 valence electrons. The van der Waals surface area contributed by atoms with E-state index in [0.717, 1.165) is 5.56 Å². The Hall–Kier alpha value is -2.71. The maximum Gasteiger partial charge on any atom is 0.292 e. The van der Waals surface area contributed by atoms with Gasteiger partial charge in [0.05, 0.1) is 11.7 Å². The molecule has 1 amide bonds. The summed E-state index contributed by atoms with van der Waals surface area (Å²) in [7, 11) is 0. The highest BCUT2D eigenvalue weighted by molar-refractivity contribution is 6.30. The number of nitrogens with zero attached hydrogens (tertiary/aromatic N) is 5. The molecule has 0 aliphatic carbocycles. The summed E-state index contributed by atoms with van der Waals surface area (Å²) in [6.07, 6.45) is 0. The van der Waals surface area contributed by atoms with Crippen LogP contribution >= 0.6 is 11.6 Å². The number of hydrogen-bond donors (Lipinski definition) is 0. The third kappa shape index (κ3) is 3.79. The number of carbonyl (C=O) groups excluding carboxylic acids is 1. The molecule has 9 heteroatoms. The van der Waals surface area contributed by atoms with Gasteiger partial charge in [0.25, 0.3) is 5.91 Å². The Morgan fingerprint density at radius 2 is 1.82 bits per heavy atom. The largest absolute Gasteiger partial charge is 0.351 e. The SMILES string of the molecule is Cc1cc(C(=O)N2CCN(C(C)c3nc(-c4ccc(Cl)cc4)no3)CC2)on1. The van der Waals surface area contributed by atoms with E-state index < -0.39 is 0 Å². The standard InChI is InChI=1S/C19H20ClN5O3/c1-12-11-16(27-22-12)19(26)25-9-7-24(8-10-25)13(2)18-21-17(23-28-18)14-3-5-15(20)6-4-14/h3-6,11,13H,7-10H2,1-2H3. The molecule has 0 bridgehead atoms. The van der Waals surface area contributed by atoms with Crippen LogP contribution in [-0.4, -0.2) is 57.2 Å². The molecule has 1 saturated heterocycles. The van der Waals surface area contributed by atoms with Crippen LogP contribution in [0.3, 0.4) is 0 Å². The average molecular weight is 402 g/mol. The third-order valence-electron chi connectivity index (χ3n) is 4.89. The number of benzene rings is 1. The van der Waals surface area contributed by atoms with Crippen LogP contribution in [0, 0.1) is 6.92 Å². The predicted molar refractivity (Wildman–Crippen MR) is 102 cm³/mol. The number of piperazine rings is 1. The van der Waals surface area contributed by atoms with Gasteiger partial charge in [-0.05, 0) is 38.1 Å². The van der Waals surface area contributed by atoms with Crippen molar-refractivity contribution < 1.29 is 13.8 Å². The van der Waals surface area contributed by atoms with Gasteiger partial charge in [-0.25, -0.2) is 0 Å². The highest BCUT2D eigenvalue weighted by Gasteiger charge is 2.29. The summed E-state index contributed by atoms with van der Waals surface area (Å²) in [4.78, 5) is 21.0. The lowest BCUT2D eigenvalue weighted by atomic mass is 10.2. The van der Waals surface area contributed by atoms with Crippen molar-refractivity contribution in [2.45, 2.75) is 19.9 Å². The number of rotatable bonds is 4. The molecule has 1 aliphatic heterocycles. The van der Waals surface area contributed by atoms with E-state index in [1.54, 1.807) is 30.0 Å². The molecule has 0 spiro atoms. The summed E-state index contributed by atoms with van der Waals surface area (Å²) in [5.74, 6) is 1.24. The van der Waals surface area contributed by atoms with Crippen molar-refractivity contribution in [3.05, 3.63) is 52.7 Å². The first-order valence-electron chi connectivity index (χ1n) is 9.07. The van der Waals surface area contributed by atoms with Gasteiger partial charge in [-0.2, -0.15) is 4.98 Å². The molecule has 8 nitrogen and oxygen atoms in total. The monoisotopic (exact) mass is 401 g/mol. The van der Waals surface area contributed by atoms with Crippen molar-refractivity contribution in [2.75, 3.05) is 26.2 Å². The quantitative estimate of drug-likeness (QED) is 0.663. The number of aryl methyl sites for hydroxylation is 1. The van der Waals surface area contributed by atoms with Crippen molar-refractivity contribution in [2.24, 2.45) is 0 Å². The topological polar surface area (TPSA) is 88.5 Å². The summed E-state index contributed by atoms with van der Waals surface area (Å²) >= 11 is 5.92.